The van der Waals surface area contributed by atoms with Gasteiger partial charge in [-0.15, -0.1) is 0 Å². The number of hydrogen-bond acceptors (Lipinski definition) is 4. The highest BCUT2D eigenvalue weighted by atomic mass is 16.5. The van der Waals surface area contributed by atoms with E-state index in [4.69, 9.17) is 4.74 Å². The Bertz CT molecular complexity index is 899. The molecule has 1 N–H and O–H groups in total. The monoisotopic (exact) mass is 435 g/mol. The van der Waals surface area contributed by atoms with Gasteiger partial charge in [-0.1, -0.05) is 31.4 Å². The molecule has 0 atom stereocenters. The van der Waals surface area contributed by atoms with Crippen molar-refractivity contribution in [2.75, 3.05) is 50.1 Å². The molecular weight excluding hydrogens is 402 g/mol. The molecule has 0 spiro atoms. The molecule has 1 aliphatic heterocycles. The number of anilines is 2. The van der Waals surface area contributed by atoms with Crippen molar-refractivity contribution in [1.29, 1.82) is 0 Å². The molecule has 2 aliphatic rings. The van der Waals surface area contributed by atoms with Crippen molar-refractivity contribution in [2.45, 2.75) is 38.0 Å². The molecule has 6 heteroatoms. The van der Waals surface area contributed by atoms with Crippen LogP contribution in [0, 0.1) is 0 Å². The van der Waals surface area contributed by atoms with Gasteiger partial charge in [-0.05, 0) is 60.7 Å². The predicted molar refractivity (Wildman–Crippen MR) is 127 cm³/mol. The maximum atomic E-state index is 12.8. The average molecular weight is 436 g/mol. The number of carbonyl (C=O) groups is 2. The van der Waals surface area contributed by atoms with Gasteiger partial charge in [0.2, 0.25) is 5.91 Å². The van der Waals surface area contributed by atoms with Crippen molar-refractivity contribution in [3.8, 4) is 0 Å². The van der Waals surface area contributed by atoms with Gasteiger partial charge in [-0.2, -0.15) is 0 Å². The number of hydrogen-bond donors (Lipinski definition) is 1. The number of nitrogens with zero attached hydrogens (tertiary/aromatic N) is 2. The summed E-state index contributed by atoms with van der Waals surface area (Å²) in [5, 5.41) is 2.89. The van der Waals surface area contributed by atoms with Crippen LogP contribution in [0.5, 0.6) is 0 Å². The third kappa shape index (κ3) is 5.68. The van der Waals surface area contributed by atoms with Gasteiger partial charge in [0.05, 0.1) is 19.8 Å². The van der Waals surface area contributed by atoms with Crippen LogP contribution >= 0.6 is 0 Å². The van der Waals surface area contributed by atoms with E-state index in [1.54, 1.807) is 7.05 Å². The van der Waals surface area contributed by atoms with E-state index in [0.717, 1.165) is 37.7 Å². The number of carbonyl (C=O) groups excluding carboxylic acids is 2. The standard InChI is InChI=1S/C26H33N3O3/c1-28(26(31)22-9-7-21(8-10-22)20-5-3-2-4-6-20)19-25(30)27-23-11-13-24(14-12-23)29-15-17-32-18-16-29/h7-14,20H,2-6,15-19H2,1H3,(H,27,30). The summed E-state index contributed by atoms with van der Waals surface area (Å²) in [6.07, 6.45) is 6.39. The minimum absolute atomic E-state index is 0.00836. The topological polar surface area (TPSA) is 61.9 Å². The molecule has 1 saturated carbocycles. The summed E-state index contributed by atoms with van der Waals surface area (Å²) >= 11 is 0. The van der Waals surface area contributed by atoms with Gasteiger partial charge in [-0.3, -0.25) is 9.59 Å². The highest BCUT2D eigenvalue weighted by molar-refractivity contribution is 5.99. The molecule has 2 amide bonds. The number of ether oxygens (including phenoxy) is 1. The predicted octanol–water partition coefficient (Wildman–Crippen LogP) is 4.28. The lowest BCUT2D eigenvalue weighted by atomic mass is 9.84. The summed E-state index contributed by atoms with van der Waals surface area (Å²) in [6, 6.07) is 15.7. The van der Waals surface area contributed by atoms with E-state index in [2.05, 4.69) is 22.3 Å². The maximum absolute atomic E-state index is 12.8. The average Bonchev–Trinajstić information content (AvgIpc) is 2.85. The second-order valence-corrected chi connectivity index (χ2v) is 8.81. The fourth-order valence-corrected chi connectivity index (χ4v) is 4.62. The highest BCUT2D eigenvalue weighted by Crippen LogP contribution is 2.32. The Balaban J connectivity index is 1.28. The molecule has 2 aromatic rings. The van der Waals surface area contributed by atoms with Crippen LogP contribution in [0.25, 0.3) is 0 Å². The largest absolute Gasteiger partial charge is 0.378 e. The maximum Gasteiger partial charge on any atom is 0.254 e. The van der Waals surface area contributed by atoms with Crippen molar-refractivity contribution in [3.05, 3.63) is 59.7 Å². The lowest BCUT2D eigenvalue weighted by Gasteiger charge is -2.28. The molecule has 0 unspecified atom stereocenters. The second kappa shape index (κ2) is 10.6. The van der Waals surface area contributed by atoms with Gasteiger partial charge < -0.3 is 19.9 Å². The number of likely N-dealkylation sites (N-methyl/N-ethyl adjacent to an activating group) is 1. The Morgan fingerprint density at radius 1 is 0.969 bits per heavy atom. The van der Waals surface area contributed by atoms with Gasteiger partial charge in [-0.25, -0.2) is 0 Å². The molecule has 1 aliphatic carbocycles. The van der Waals surface area contributed by atoms with Gasteiger partial charge in [0.15, 0.2) is 0 Å². The summed E-state index contributed by atoms with van der Waals surface area (Å²) in [4.78, 5) is 29.0. The van der Waals surface area contributed by atoms with Crippen molar-refractivity contribution >= 4 is 23.2 Å². The zero-order valence-corrected chi connectivity index (χ0v) is 18.9. The van der Waals surface area contributed by atoms with E-state index in [9.17, 15) is 9.59 Å². The minimum Gasteiger partial charge on any atom is -0.378 e. The molecule has 0 aromatic heterocycles. The third-order valence-corrected chi connectivity index (χ3v) is 6.49. The quantitative estimate of drug-likeness (QED) is 0.736. The normalized spacial score (nSPS) is 17.1. The van der Waals surface area contributed by atoms with Crippen LogP contribution in [0.4, 0.5) is 11.4 Å². The Labute approximate surface area is 190 Å². The van der Waals surface area contributed by atoms with Crippen LogP contribution in [0.1, 0.15) is 53.9 Å². The molecule has 170 valence electrons. The Kier molecular flexibility index (Phi) is 7.43. The molecule has 2 aromatic carbocycles. The van der Waals surface area contributed by atoms with E-state index in [0.29, 0.717) is 11.5 Å². The van der Waals surface area contributed by atoms with Crippen LogP contribution in [0.2, 0.25) is 0 Å². The van der Waals surface area contributed by atoms with Gasteiger partial charge >= 0.3 is 0 Å². The van der Waals surface area contributed by atoms with Crippen molar-refractivity contribution < 1.29 is 14.3 Å². The van der Waals surface area contributed by atoms with Crippen LogP contribution in [0.15, 0.2) is 48.5 Å². The molecule has 4 rings (SSSR count). The van der Waals surface area contributed by atoms with Crippen molar-refractivity contribution in [1.82, 2.24) is 4.90 Å². The summed E-state index contributed by atoms with van der Waals surface area (Å²) in [5.41, 5.74) is 3.79. The number of morpholine rings is 1. The number of nitrogens with one attached hydrogen (secondary N) is 1. The fourth-order valence-electron chi connectivity index (χ4n) is 4.62. The number of rotatable bonds is 6. The summed E-state index contributed by atoms with van der Waals surface area (Å²) in [5.74, 6) is 0.267. The lowest BCUT2D eigenvalue weighted by molar-refractivity contribution is -0.116. The van der Waals surface area contributed by atoms with Crippen LogP contribution in [-0.4, -0.2) is 56.6 Å². The summed E-state index contributed by atoms with van der Waals surface area (Å²) in [7, 11) is 1.67. The Hall–Kier alpha value is -2.86. The van der Waals surface area contributed by atoms with Gasteiger partial charge in [0, 0.05) is 37.1 Å². The zero-order chi connectivity index (χ0) is 22.3. The van der Waals surface area contributed by atoms with Crippen molar-refractivity contribution in [2.24, 2.45) is 0 Å². The van der Waals surface area contributed by atoms with E-state index >= 15 is 0 Å². The van der Waals surface area contributed by atoms with Crippen LogP contribution < -0.4 is 10.2 Å². The molecular formula is C26H33N3O3. The van der Waals surface area contributed by atoms with Crippen molar-refractivity contribution in [3.63, 3.8) is 0 Å². The first-order valence-corrected chi connectivity index (χ1v) is 11.7. The molecule has 1 heterocycles. The molecule has 0 bridgehead atoms. The first kappa shape index (κ1) is 22.3. The summed E-state index contributed by atoms with van der Waals surface area (Å²) < 4.78 is 5.39. The van der Waals surface area contributed by atoms with Crippen LogP contribution in [-0.2, 0) is 9.53 Å². The molecule has 1 saturated heterocycles. The SMILES string of the molecule is CN(CC(=O)Nc1ccc(N2CCOCC2)cc1)C(=O)c1ccc(C2CCCCC2)cc1. The summed E-state index contributed by atoms with van der Waals surface area (Å²) in [6.45, 7) is 3.24. The molecule has 32 heavy (non-hydrogen) atoms. The molecule has 0 radical (unpaired) electrons. The fraction of sp³-hybridized carbons (Fsp3) is 0.462. The van der Waals surface area contributed by atoms with Gasteiger partial charge in [0.1, 0.15) is 0 Å². The first-order valence-electron chi connectivity index (χ1n) is 11.7. The second-order valence-electron chi connectivity index (χ2n) is 8.81. The van der Waals surface area contributed by atoms with Gasteiger partial charge in [0.25, 0.3) is 5.91 Å². The number of benzene rings is 2. The highest BCUT2D eigenvalue weighted by Gasteiger charge is 2.18. The lowest BCUT2D eigenvalue weighted by Crippen LogP contribution is -2.36. The Morgan fingerprint density at radius 2 is 1.62 bits per heavy atom. The Morgan fingerprint density at radius 3 is 2.28 bits per heavy atom. The van der Waals surface area contributed by atoms with E-state index in [1.165, 1.54) is 42.6 Å². The first-order chi connectivity index (χ1) is 15.6. The van der Waals surface area contributed by atoms with E-state index in [1.807, 2.05) is 36.4 Å². The number of amides is 2. The molecule has 2 fully saturated rings. The smallest absolute Gasteiger partial charge is 0.254 e. The molecule has 6 nitrogen and oxygen atoms in total. The third-order valence-electron chi connectivity index (χ3n) is 6.49. The van der Waals surface area contributed by atoms with E-state index in [-0.39, 0.29) is 18.4 Å². The zero-order valence-electron chi connectivity index (χ0n) is 18.9. The van der Waals surface area contributed by atoms with E-state index < -0.39 is 0 Å². The minimum atomic E-state index is -0.209. The van der Waals surface area contributed by atoms with Crippen LogP contribution in [0.3, 0.4) is 0 Å².